The molecule has 1 aliphatic rings. The highest BCUT2D eigenvalue weighted by Gasteiger charge is 2.28. The number of ether oxygens (including phenoxy) is 1. The molecule has 0 unspecified atom stereocenters. The normalized spacial score (nSPS) is 17.3. The van der Waals surface area contributed by atoms with Crippen LogP contribution in [-0.2, 0) is 9.53 Å². The van der Waals surface area contributed by atoms with Crippen molar-refractivity contribution < 1.29 is 9.53 Å². The summed E-state index contributed by atoms with van der Waals surface area (Å²) in [4.78, 5) is 10.9. The lowest BCUT2D eigenvalue weighted by Crippen LogP contribution is -2.15. The fourth-order valence-corrected chi connectivity index (χ4v) is 0.779. The third kappa shape index (κ3) is 2.45. The van der Waals surface area contributed by atoms with Crippen molar-refractivity contribution >= 4 is 5.78 Å². The fraction of sp³-hybridized carbons (Fsp3) is 0.857. The largest absolute Gasteiger partial charge is 0.372 e. The maximum absolute atomic E-state index is 10.9. The molecule has 10 heavy (non-hydrogen) atoms. The number of ketones is 1. The molecule has 0 aromatic rings. The molecule has 0 amide bonds. The number of hydrogen-bond acceptors (Lipinski definition) is 3. The van der Waals surface area contributed by atoms with Crippen molar-refractivity contribution in [2.75, 3.05) is 19.8 Å². The number of nitrogens with two attached hydrogens (primary N) is 1. The van der Waals surface area contributed by atoms with Gasteiger partial charge in [-0.2, -0.15) is 0 Å². The molecule has 2 N–H and O–H groups in total. The van der Waals surface area contributed by atoms with E-state index in [-0.39, 0.29) is 12.4 Å². The maximum Gasteiger partial charge on any atom is 0.161 e. The van der Waals surface area contributed by atoms with Crippen LogP contribution in [0.25, 0.3) is 0 Å². The van der Waals surface area contributed by atoms with Crippen LogP contribution >= 0.6 is 0 Å². The summed E-state index contributed by atoms with van der Waals surface area (Å²) in [5.74, 6) is 0.561. The molecular weight excluding hydrogens is 130 g/mol. The van der Waals surface area contributed by atoms with Crippen LogP contribution in [0.4, 0.5) is 0 Å². The average molecular weight is 143 g/mol. The highest BCUT2D eigenvalue weighted by molar-refractivity contribution is 5.84. The minimum absolute atomic E-state index is 0.244. The van der Waals surface area contributed by atoms with Crippen LogP contribution in [0.3, 0.4) is 0 Å². The van der Waals surface area contributed by atoms with Gasteiger partial charge in [0.2, 0.25) is 0 Å². The van der Waals surface area contributed by atoms with E-state index in [9.17, 15) is 4.79 Å². The third-order valence-electron chi connectivity index (χ3n) is 1.54. The molecule has 58 valence electrons. The highest BCUT2D eigenvalue weighted by atomic mass is 16.5. The molecule has 1 rings (SSSR count). The van der Waals surface area contributed by atoms with Crippen molar-refractivity contribution in [2.24, 2.45) is 11.7 Å². The van der Waals surface area contributed by atoms with Crippen LogP contribution in [-0.4, -0.2) is 25.5 Å². The van der Waals surface area contributed by atoms with Gasteiger partial charge in [-0.15, -0.1) is 0 Å². The van der Waals surface area contributed by atoms with E-state index in [0.717, 1.165) is 12.8 Å². The van der Waals surface area contributed by atoms with Gasteiger partial charge < -0.3 is 10.5 Å². The molecule has 0 aromatic heterocycles. The Labute approximate surface area is 60.5 Å². The van der Waals surface area contributed by atoms with Gasteiger partial charge in [0.05, 0.1) is 6.61 Å². The number of rotatable bonds is 5. The maximum atomic E-state index is 10.9. The second-order valence-corrected chi connectivity index (χ2v) is 2.58. The Kier molecular flexibility index (Phi) is 2.83. The predicted molar refractivity (Wildman–Crippen MR) is 37.6 cm³/mol. The lowest BCUT2D eigenvalue weighted by molar-refractivity contribution is -0.124. The predicted octanol–water partition coefficient (Wildman–Crippen LogP) is -0.0592. The lowest BCUT2D eigenvalue weighted by atomic mass is 10.3. The van der Waals surface area contributed by atoms with Crippen molar-refractivity contribution in [1.82, 2.24) is 0 Å². The zero-order chi connectivity index (χ0) is 7.40. The average Bonchev–Trinajstić information content (AvgIpc) is 2.69. The van der Waals surface area contributed by atoms with Gasteiger partial charge in [0, 0.05) is 12.5 Å². The monoisotopic (exact) mass is 143 g/mol. The van der Waals surface area contributed by atoms with Gasteiger partial charge in [-0.25, -0.2) is 0 Å². The van der Waals surface area contributed by atoms with Crippen LogP contribution in [0.15, 0.2) is 0 Å². The van der Waals surface area contributed by atoms with E-state index in [1.165, 1.54) is 0 Å². The summed E-state index contributed by atoms with van der Waals surface area (Å²) in [6.45, 7) is 1.26. The fourth-order valence-electron chi connectivity index (χ4n) is 0.779. The van der Waals surface area contributed by atoms with E-state index in [1.807, 2.05) is 0 Å². The van der Waals surface area contributed by atoms with E-state index >= 15 is 0 Å². The molecule has 3 nitrogen and oxygen atoms in total. The summed E-state index contributed by atoms with van der Waals surface area (Å²) >= 11 is 0. The summed E-state index contributed by atoms with van der Waals surface area (Å²) in [5.41, 5.74) is 5.17. The van der Waals surface area contributed by atoms with E-state index in [0.29, 0.717) is 19.1 Å². The minimum atomic E-state index is 0.244. The Morgan fingerprint density at radius 1 is 1.60 bits per heavy atom. The number of carbonyl (C=O) groups is 1. The van der Waals surface area contributed by atoms with Crippen LogP contribution < -0.4 is 5.73 Å². The van der Waals surface area contributed by atoms with Crippen molar-refractivity contribution in [2.45, 2.75) is 12.8 Å². The summed E-state index contributed by atoms with van der Waals surface area (Å²) in [6, 6.07) is 0. The van der Waals surface area contributed by atoms with E-state index in [4.69, 9.17) is 10.5 Å². The number of hydrogen-bond donors (Lipinski definition) is 1. The van der Waals surface area contributed by atoms with Crippen molar-refractivity contribution in [3.8, 4) is 0 Å². The summed E-state index contributed by atoms with van der Waals surface area (Å²) in [7, 11) is 0. The topological polar surface area (TPSA) is 52.3 Å². The van der Waals surface area contributed by atoms with Crippen LogP contribution in [0.5, 0.6) is 0 Å². The quantitative estimate of drug-likeness (QED) is 0.548. The first-order valence-corrected chi connectivity index (χ1v) is 3.65. The SMILES string of the molecule is NCCOCC(=O)C1CC1. The van der Waals surface area contributed by atoms with E-state index in [2.05, 4.69) is 0 Å². The molecule has 0 bridgehead atoms. The van der Waals surface area contributed by atoms with Gasteiger partial charge in [0.1, 0.15) is 6.61 Å². The molecule has 1 aliphatic carbocycles. The molecule has 1 fully saturated rings. The molecule has 0 aromatic carbocycles. The smallest absolute Gasteiger partial charge is 0.161 e. The number of Topliss-reactive ketones (excluding diaryl/α,β-unsaturated/α-hetero) is 1. The molecule has 1 saturated carbocycles. The molecule has 0 radical (unpaired) electrons. The van der Waals surface area contributed by atoms with Gasteiger partial charge in [0.25, 0.3) is 0 Å². The Balaban J connectivity index is 1.95. The molecule has 3 heteroatoms. The summed E-state index contributed by atoms with van der Waals surface area (Å²) in [6.07, 6.45) is 2.12. The van der Waals surface area contributed by atoms with Crippen molar-refractivity contribution in [3.05, 3.63) is 0 Å². The van der Waals surface area contributed by atoms with Gasteiger partial charge in [-0.05, 0) is 12.8 Å². The highest BCUT2D eigenvalue weighted by Crippen LogP contribution is 2.29. The van der Waals surface area contributed by atoms with E-state index in [1.54, 1.807) is 0 Å². The first-order chi connectivity index (χ1) is 4.84. The molecule has 0 spiro atoms. The Morgan fingerprint density at radius 3 is 2.80 bits per heavy atom. The molecule has 0 aliphatic heterocycles. The summed E-state index contributed by atoms with van der Waals surface area (Å²) < 4.78 is 4.97. The lowest BCUT2D eigenvalue weighted by Gasteiger charge is -1.98. The Hall–Kier alpha value is -0.410. The molecular formula is C7H13NO2. The molecule has 0 heterocycles. The third-order valence-corrected chi connectivity index (χ3v) is 1.54. The summed E-state index contributed by atoms with van der Waals surface area (Å²) in [5, 5.41) is 0. The first-order valence-electron chi connectivity index (χ1n) is 3.65. The first kappa shape index (κ1) is 7.69. The van der Waals surface area contributed by atoms with Crippen molar-refractivity contribution in [3.63, 3.8) is 0 Å². The minimum Gasteiger partial charge on any atom is -0.372 e. The van der Waals surface area contributed by atoms with Crippen molar-refractivity contribution in [1.29, 1.82) is 0 Å². The van der Waals surface area contributed by atoms with Crippen LogP contribution in [0.2, 0.25) is 0 Å². The van der Waals surface area contributed by atoms with Crippen LogP contribution in [0.1, 0.15) is 12.8 Å². The Bertz CT molecular complexity index is 121. The zero-order valence-electron chi connectivity index (χ0n) is 6.01. The van der Waals surface area contributed by atoms with Gasteiger partial charge in [-0.1, -0.05) is 0 Å². The number of carbonyl (C=O) groups excluding carboxylic acids is 1. The molecule has 0 saturated heterocycles. The van der Waals surface area contributed by atoms with Gasteiger partial charge in [-0.3, -0.25) is 4.79 Å². The van der Waals surface area contributed by atoms with E-state index < -0.39 is 0 Å². The standard InChI is InChI=1S/C7H13NO2/c8-3-4-10-5-7(9)6-1-2-6/h6H,1-5,8H2. The van der Waals surface area contributed by atoms with Gasteiger partial charge in [0.15, 0.2) is 5.78 Å². The zero-order valence-corrected chi connectivity index (χ0v) is 6.01. The molecule has 0 atom stereocenters. The van der Waals surface area contributed by atoms with Gasteiger partial charge >= 0.3 is 0 Å². The van der Waals surface area contributed by atoms with Crippen LogP contribution in [0, 0.1) is 5.92 Å². The second-order valence-electron chi connectivity index (χ2n) is 2.58. The second kappa shape index (κ2) is 3.68. The Morgan fingerprint density at radius 2 is 2.30 bits per heavy atom.